The molecule has 1 aromatic heterocycles. The number of thiazole rings is 1. The molecule has 1 amide bonds. The van der Waals surface area contributed by atoms with Crippen molar-refractivity contribution < 1.29 is 14.7 Å². The van der Waals surface area contributed by atoms with E-state index in [4.69, 9.17) is 5.11 Å². The van der Waals surface area contributed by atoms with Crippen LogP contribution in [0.15, 0.2) is 5.38 Å². The molecule has 1 aliphatic rings. The number of aliphatic carboxylic acids is 1. The molecule has 2 rings (SSSR count). The normalized spacial score (nSPS) is 25.4. The van der Waals surface area contributed by atoms with Crippen LogP contribution in [0.5, 0.6) is 0 Å². The highest BCUT2D eigenvalue weighted by molar-refractivity contribution is 7.13. The molecule has 1 heterocycles. The molecule has 0 aliphatic heterocycles. The summed E-state index contributed by atoms with van der Waals surface area (Å²) in [5, 5.41) is 14.0. The van der Waals surface area contributed by atoms with Gasteiger partial charge in [0.05, 0.1) is 17.5 Å². The molecule has 1 fully saturated rings. The average molecular weight is 254 g/mol. The van der Waals surface area contributed by atoms with Gasteiger partial charge in [0.1, 0.15) is 0 Å². The first-order valence-corrected chi connectivity index (χ1v) is 6.18. The number of carboxylic acid groups (broad SMARTS) is 1. The topological polar surface area (TPSA) is 79.3 Å². The van der Waals surface area contributed by atoms with E-state index < -0.39 is 23.2 Å². The van der Waals surface area contributed by atoms with Gasteiger partial charge in [-0.3, -0.25) is 9.59 Å². The Balaban J connectivity index is 2.05. The van der Waals surface area contributed by atoms with Gasteiger partial charge in [0.15, 0.2) is 5.13 Å². The first-order chi connectivity index (χ1) is 7.84. The van der Waals surface area contributed by atoms with Crippen LogP contribution in [0.4, 0.5) is 5.13 Å². The molecule has 0 saturated heterocycles. The molecule has 1 saturated carbocycles. The molecule has 92 valence electrons. The van der Waals surface area contributed by atoms with Crippen molar-refractivity contribution in [1.29, 1.82) is 0 Å². The lowest BCUT2D eigenvalue weighted by Crippen LogP contribution is -2.17. The van der Waals surface area contributed by atoms with Crippen molar-refractivity contribution in [3.63, 3.8) is 0 Å². The van der Waals surface area contributed by atoms with E-state index in [1.54, 1.807) is 13.8 Å². The molecule has 0 bridgehead atoms. The molecule has 2 N–H and O–H groups in total. The Morgan fingerprint density at radius 2 is 2.12 bits per heavy atom. The van der Waals surface area contributed by atoms with Crippen LogP contribution in [0.1, 0.15) is 19.5 Å². The summed E-state index contributed by atoms with van der Waals surface area (Å²) in [6.45, 7) is 5.43. The number of hydrogen-bond donors (Lipinski definition) is 2. The van der Waals surface area contributed by atoms with E-state index >= 15 is 0 Å². The molecule has 0 radical (unpaired) electrons. The lowest BCUT2D eigenvalue weighted by molar-refractivity contribution is -0.140. The summed E-state index contributed by atoms with van der Waals surface area (Å²) in [5.74, 6) is -2.23. The summed E-state index contributed by atoms with van der Waals surface area (Å²) in [7, 11) is 0. The lowest BCUT2D eigenvalue weighted by Gasteiger charge is -2.02. The summed E-state index contributed by atoms with van der Waals surface area (Å²) < 4.78 is 0. The smallest absolute Gasteiger partial charge is 0.307 e. The largest absolute Gasteiger partial charge is 0.481 e. The highest BCUT2D eigenvalue weighted by Gasteiger charge is 2.65. The maximum Gasteiger partial charge on any atom is 0.307 e. The van der Waals surface area contributed by atoms with Crippen molar-refractivity contribution >= 4 is 28.3 Å². The van der Waals surface area contributed by atoms with Crippen molar-refractivity contribution in [3.8, 4) is 0 Å². The highest BCUT2D eigenvalue weighted by Crippen LogP contribution is 2.58. The van der Waals surface area contributed by atoms with E-state index in [0.29, 0.717) is 5.13 Å². The summed E-state index contributed by atoms with van der Waals surface area (Å²) >= 11 is 1.34. The average Bonchev–Trinajstić information content (AvgIpc) is 2.54. The van der Waals surface area contributed by atoms with Crippen LogP contribution in [0, 0.1) is 24.2 Å². The first-order valence-electron chi connectivity index (χ1n) is 5.30. The molecular weight excluding hydrogens is 240 g/mol. The van der Waals surface area contributed by atoms with E-state index in [1.165, 1.54) is 11.3 Å². The van der Waals surface area contributed by atoms with Gasteiger partial charge in [-0.25, -0.2) is 4.98 Å². The quantitative estimate of drug-likeness (QED) is 0.861. The zero-order valence-corrected chi connectivity index (χ0v) is 10.7. The predicted octanol–water partition coefficient (Wildman–Crippen LogP) is 1.75. The van der Waals surface area contributed by atoms with Crippen molar-refractivity contribution in [1.82, 2.24) is 4.98 Å². The van der Waals surface area contributed by atoms with E-state index in [1.807, 2.05) is 12.3 Å². The standard InChI is InChI=1S/C11H14N2O3S/c1-5-4-17-10(12-5)13-8(14)6-7(9(15)16)11(6,2)3/h4,6-7H,1-3H3,(H,15,16)(H,12,13,14)/t6-,7+/m1/s1. The van der Waals surface area contributed by atoms with Crippen LogP contribution in [0.2, 0.25) is 0 Å². The SMILES string of the molecule is Cc1csc(NC(=O)[C@H]2[C@@H](C(=O)O)C2(C)C)n1. The molecule has 0 aromatic carbocycles. The number of carbonyl (C=O) groups is 2. The van der Waals surface area contributed by atoms with Crippen molar-refractivity contribution in [2.45, 2.75) is 20.8 Å². The number of amides is 1. The molecule has 2 atom stereocenters. The van der Waals surface area contributed by atoms with Gasteiger partial charge in [-0.05, 0) is 12.3 Å². The van der Waals surface area contributed by atoms with Gasteiger partial charge in [-0.1, -0.05) is 13.8 Å². The predicted molar refractivity (Wildman–Crippen MR) is 63.9 cm³/mol. The third-order valence-electron chi connectivity index (χ3n) is 3.23. The number of aromatic nitrogens is 1. The zero-order chi connectivity index (χ0) is 12.8. The molecule has 1 aromatic rings. The summed E-state index contributed by atoms with van der Waals surface area (Å²) in [6.07, 6.45) is 0. The van der Waals surface area contributed by atoms with Gasteiger partial charge in [0, 0.05) is 5.38 Å². The van der Waals surface area contributed by atoms with Crippen LogP contribution >= 0.6 is 11.3 Å². The first kappa shape index (κ1) is 12.0. The minimum Gasteiger partial charge on any atom is -0.481 e. The maximum absolute atomic E-state index is 11.9. The third kappa shape index (κ3) is 2.04. The van der Waals surface area contributed by atoms with Crippen LogP contribution in [-0.2, 0) is 9.59 Å². The maximum atomic E-state index is 11.9. The number of nitrogens with zero attached hydrogens (tertiary/aromatic N) is 1. The van der Waals surface area contributed by atoms with Crippen LogP contribution in [-0.4, -0.2) is 22.0 Å². The summed E-state index contributed by atoms with van der Waals surface area (Å²) in [5.41, 5.74) is 0.373. The van der Waals surface area contributed by atoms with Crippen molar-refractivity contribution in [2.75, 3.05) is 5.32 Å². The van der Waals surface area contributed by atoms with Gasteiger partial charge < -0.3 is 10.4 Å². The second-order valence-corrected chi connectivity index (χ2v) is 5.76. The fourth-order valence-electron chi connectivity index (χ4n) is 2.18. The number of carboxylic acids is 1. The van der Waals surface area contributed by atoms with Crippen molar-refractivity contribution in [2.24, 2.45) is 17.3 Å². The van der Waals surface area contributed by atoms with Gasteiger partial charge in [-0.15, -0.1) is 11.3 Å². The number of nitrogens with one attached hydrogen (secondary N) is 1. The Morgan fingerprint density at radius 1 is 1.47 bits per heavy atom. The Hall–Kier alpha value is -1.43. The Bertz CT molecular complexity index is 481. The fourth-order valence-corrected chi connectivity index (χ4v) is 2.87. The molecule has 5 nitrogen and oxygen atoms in total. The Morgan fingerprint density at radius 3 is 2.53 bits per heavy atom. The number of rotatable bonds is 3. The van der Waals surface area contributed by atoms with Gasteiger partial charge in [0.25, 0.3) is 0 Å². The molecule has 0 spiro atoms. The number of aryl methyl sites for hydroxylation is 1. The minimum atomic E-state index is -0.912. The summed E-state index contributed by atoms with van der Waals surface area (Å²) in [6, 6.07) is 0. The highest BCUT2D eigenvalue weighted by atomic mass is 32.1. The van der Waals surface area contributed by atoms with E-state index in [2.05, 4.69) is 10.3 Å². The van der Waals surface area contributed by atoms with Gasteiger partial charge in [-0.2, -0.15) is 0 Å². The number of hydrogen-bond acceptors (Lipinski definition) is 4. The Labute approximate surface area is 103 Å². The lowest BCUT2D eigenvalue weighted by atomic mass is 10.1. The second kappa shape index (κ2) is 3.80. The molecule has 6 heteroatoms. The summed E-state index contributed by atoms with van der Waals surface area (Å²) in [4.78, 5) is 27.0. The van der Waals surface area contributed by atoms with Gasteiger partial charge in [0.2, 0.25) is 5.91 Å². The van der Waals surface area contributed by atoms with Crippen LogP contribution < -0.4 is 5.32 Å². The Kier molecular flexibility index (Phi) is 2.69. The molecule has 0 unspecified atom stereocenters. The monoisotopic (exact) mass is 254 g/mol. The molecule has 1 aliphatic carbocycles. The zero-order valence-electron chi connectivity index (χ0n) is 9.85. The van der Waals surface area contributed by atoms with E-state index in [9.17, 15) is 9.59 Å². The van der Waals surface area contributed by atoms with E-state index in [-0.39, 0.29) is 5.91 Å². The number of anilines is 1. The van der Waals surface area contributed by atoms with Crippen LogP contribution in [0.3, 0.4) is 0 Å². The minimum absolute atomic E-state index is 0.253. The third-order valence-corrected chi connectivity index (χ3v) is 4.10. The van der Waals surface area contributed by atoms with Gasteiger partial charge >= 0.3 is 5.97 Å². The fraction of sp³-hybridized carbons (Fsp3) is 0.545. The second-order valence-electron chi connectivity index (χ2n) is 4.90. The van der Waals surface area contributed by atoms with Crippen molar-refractivity contribution in [3.05, 3.63) is 11.1 Å². The molecular formula is C11H14N2O3S. The number of carbonyl (C=O) groups excluding carboxylic acids is 1. The molecule has 17 heavy (non-hydrogen) atoms. The van der Waals surface area contributed by atoms with E-state index in [0.717, 1.165) is 5.69 Å². The van der Waals surface area contributed by atoms with Crippen LogP contribution in [0.25, 0.3) is 0 Å².